The van der Waals surface area contributed by atoms with E-state index in [2.05, 4.69) is 5.10 Å². The minimum atomic E-state index is 0.642. The molecule has 0 amide bonds. The molecule has 1 aromatic carbocycles. The van der Waals surface area contributed by atoms with Crippen LogP contribution >= 0.6 is 0 Å². The van der Waals surface area contributed by atoms with E-state index < -0.39 is 0 Å². The second-order valence-corrected chi connectivity index (χ2v) is 2.40. The van der Waals surface area contributed by atoms with Crippen LogP contribution in [-0.4, -0.2) is 5.71 Å². The van der Waals surface area contributed by atoms with Gasteiger partial charge in [0.1, 0.15) is 0 Å². The van der Waals surface area contributed by atoms with Crippen molar-refractivity contribution in [3.63, 3.8) is 0 Å². The van der Waals surface area contributed by atoms with Crippen molar-refractivity contribution in [2.75, 3.05) is 0 Å². The maximum absolute atomic E-state index is 8.52. The average molecular weight is 159 g/mol. The van der Waals surface area contributed by atoms with Crippen molar-refractivity contribution < 1.29 is 0 Å². The smallest absolute Gasteiger partial charge is 0.0991 e. The third-order valence-electron chi connectivity index (χ3n) is 1.63. The Morgan fingerprint density at radius 1 is 1.42 bits per heavy atom. The van der Waals surface area contributed by atoms with E-state index in [1.807, 2.05) is 25.1 Å². The van der Waals surface area contributed by atoms with Gasteiger partial charge in [0.25, 0.3) is 0 Å². The molecule has 0 radical (unpaired) electrons. The zero-order valence-electron chi connectivity index (χ0n) is 6.78. The van der Waals surface area contributed by atoms with Crippen LogP contribution in [0.5, 0.6) is 0 Å². The molecule has 0 fully saturated rings. The Kier molecular flexibility index (Phi) is 2.44. The molecule has 1 rings (SSSR count). The zero-order valence-corrected chi connectivity index (χ0v) is 6.78. The van der Waals surface area contributed by atoms with Gasteiger partial charge in [-0.2, -0.15) is 10.4 Å². The quantitative estimate of drug-likeness (QED) is 0.380. The second-order valence-electron chi connectivity index (χ2n) is 2.40. The third kappa shape index (κ3) is 1.61. The summed E-state index contributed by atoms with van der Waals surface area (Å²) in [7, 11) is 0. The van der Waals surface area contributed by atoms with Gasteiger partial charge in [0, 0.05) is 0 Å². The molecule has 12 heavy (non-hydrogen) atoms. The Hall–Kier alpha value is -1.82. The lowest BCUT2D eigenvalue weighted by atomic mass is 10.1. The van der Waals surface area contributed by atoms with Crippen LogP contribution in [0.1, 0.15) is 18.1 Å². The fourth-order valence-corrected chi connectivity index (χ4v) is 0.861. The van der Waals surface area contributed by atoms with Gasteiger partial charge in [-0.15, -0.1) is 0 Å². The molecule has 0 unspecified atom stereocenters. The molecule has 0 bridgehead atoms. The van der Waals surface area contributed by atoms with E-state index in [0.29, 0.717) is 5.56 Å². The minimum Gasteiger partial charge on any atom is -0.323 e. The van der Waals surface area contributed by atoms with Crippen molar-refractivity contribution in [2.24, 2.45) is 10.9 Å². The molecule has 0 aromatic heterocycles. The summed E-state index contributed by atoms with van der Waals surface area (Å²) in [6.45, 7) is 1.82. The molecule has 3 nitrogen and oxygen atoms in total. The van der Waals surface area contributed by atoms with Gasteiger partial charge in [-0.25, -0.2) is 0 Å². The van der Waals surface area contributed by atoms with Crippen molar-refractivity contribution in [3.05, 3.63) is 35.4 Å². The van der Waals surface area contributed by atoms with Crippen LogP contribution in [0, 0.1) is 11.3 Å². The van der Waals surface area contributed by atoms with E-state index in [1.54, 1.807) is 12.1 Å². The maximum Gasteiger partial charge on any atom is 0.0991 e. The number of nitriles is 1. The summed E-state index contributed by atoms with van der Waals surface area (Å²) in [5, 5.41) is 12.1. The summed E-state index contributed by atoms with van der Waals surface area (Å²) >= 11 is 0. The first-order valence-corrected chi connectivity index (χ1v) is 3.53. The van der Waals surface area contributed by atoms with Crippen LogP contribution in [-0.2, 0) is 0 Å². The van der Waals surface area contributed by atoms with Crippen molar-refractivity contribution in [1.29, 1.82) is 5.26 Å². The molecule has 0 saturated heterocycles. The molecule has 0 atom stereocenters. The molecule has 2 N–H and O–H groups in total. The van der Waals surface area contributed by atoms with Crippen molar-refractivity contribution >= 4 is 5.71 Å². The van der Waals surface area contributed by atoms with Gasteiger partial charge in [0.2, 0.25) is 0 Å². The lowest BCUT2D eigenvalue weighted by Gasteiger charge is -1.97. The molecular weight excluding hydrogens is 150 g/mol. The molecule has 0 spiro atoms. The van der Waals surface area contributed by atoms with Crippen LogP contribution in [0.15, 0.2) is 29.4 Å². The van der Waals surface area contributed by atoms with Crippen LogP contribution in [0.4, 0.5) is 0 Å². The van der Waals surface area contributed by atoms with Gasteiger partial charge in [0.15, 0.2) is 0 Å². The normalized spacial score (nSPS) is 10.8. The minimum absolute atomic E-state index is 0.642. The van der Waals surface area contributed by atoms with Crippen molar-refractivity contribution in [1.82, 2.24) is 0 Å². The Morgan fingerprint density at radius 2 is 2.00 bits per heavy atom. The molecule has 3 heteroatoms. The Balaban J connectivity index is 3.02. The van der Waals surface area contributed by atoms with Gasteiger partial charge in [-0.1, -0.05) is 12.1 Å². The van der Waals surface area contributed by atoms with E-state index in [1.165, 1.54) is 0 Å². The lowest BCUT2D eigenvalue weighted by Crippen LogP contribution is -1.98. The number of nitrogens with two attached hydrogens (primary N) is 1. The first-order valence-electron chi connectivity index (χ1n) is 3.53. The van der Waals surface area contributed by atoms with E-state index in [-0.39, 0.29) is 0 Å². The maximum atomic E-state index is 8.52. The summed E-state index contributed by atoms with van der Waals surface area (Å²) in [6.07, 6.45) is 0. The average Bonchev–Trinajstić information content (AvgIpc) is 2.17. The van der Waals surface area contributed by atoms with Crippen LogP contribution in [0.3, 0.4) is 0 Å². The number of hydrazone groups is 1. The summed E-state index contributed by atoms with van der Waals surface area (Å²) in [5.41, 5.74) is 2.35. The molecule has 60 valence electrons. The molecule has 0 aliphatic heterocycles. The van der Waals surface area contributed by atoms with Crippen LogP contribution < -0.4 is 5.84 Å². The monoisotopic (exact) mass is 159 g/mol. The predicted molar refractivity (Wildman–Crippen MR) is 47.6 cm³/mol. The zero-order chi connectivity index (χ0) is 8.97. The summed E-state index contributed by atoms with van der Waals surface area (Å²) in [5.74, 6) is 5.10. The van der Waals surface area contributed by atoms with Crippen LogP contribution in [0.25, 0.3) is 0 Å². The second kappa shape index (κ2) is 3.54. The standard InChI is InChI=1S/C9H9N3/c1-7(12-11)9-4-2-8(6-10)3-5-9/h2-5H,11H2,1H3/b12-7-. The fourth-order valence-electron chi connectivity index (χ4n) is 0.861. The van der Waals surface area contributed by atoms with E-state index in [9.17, 15) is 0 Å². The number of benzene rings is 1. The van der Waals surface area contributed by atoms with Crippen molar-refractivity contribution in [2.45, 2.75) is 6.92 Å². The topological polar surface area (TPSA) is 62.2 Å². The fraction of sp³-hybridized carbons (Fsp3) is 0.111. The van der Waals surface area contributed by atoms with Gasteiger partial charge < -0.3 is 5.84 Å². The first-order chi connectivity index (χ1) is 5.77. The number of hydrogen-bond donors (Lipinski definition) is 1. The number of nitrogens with zero attached hydrogens (tertiary/aromatic N) is 2. The van der Waals surface area contributed by atoms with E-state index in [0.717, 1.165) is 11.3 Å². The molecule has 0 heterocycles. The molecule has 0 saturated carbocycles. The van der Waals surface area contributed by atoms with E-state index in [4.69, 9.17) is 11.1 Å². The van der Waals surface area contributed by atoms with Gasteiger partial charge in [-0.3, -0.25) is 0 Å². The van der Waals surface area contributed by atoms with E-state index >= 15 is 0 Å². The van der Waals surface area contributed by atoms with Gasteiger partial charge in [-0.05, 0) is 24.6 Å². The third-order valence-corrected chi connectivity index (χ3v) is 1.63. The highest BCUT2D eigenvalue weighted by Gasteiger charge is 1.95. The SMILES string of the molecule is C/C(=N/N)c1ccc(C#N)cc1. The highest BCUT2D eigenvalue weighted by Crippen LogP contribution is 2.03. The van der Waals surface area contributed by atoms with Gasteiger partial charge >= 0.3 is 0 Å². The molecule has 1 aromatic rings. The highest BCUT2D eigenvalue weighted by molar-refractivity contribution is 5.98. The number of hydrogen-bond acceptors (Lipinski definition) is 3. The largest absolute Gasteiger partial charge is 0.323 e. The summed E-state index contributed by atoms with van der Waals surface area (Å²) < 4.78 is 0. The van der Waals surface area contributed by atoms with Crippen LogP contribution in [0.2, 0.25) is 0 Å². The van der Waals surface area contributed by atoms with Gasteiger partial charge in [0.05, 0.1) is 17.3 Å². The predicted octanol–water partition coefficient (Wildman–Crippen LogP) is 1.24. The number of rotatable bonds is 1. The Morgan fingerprint density at radius 3 is 2.42 bits per heavy atom. The Labute approximate surface area is 71.1 Å². The Bertz CT molecular complexity index is 330. The first kappa shape index (κ1) is 8.28. The highest BCUT2D eigenvalue weighted by atomic mass is 15.1. The van der Waals surface area contributed by atoms with Crippen molar-refractivity contribution in [3.8, 4) is 6.07 Å². The lowest BCUT2D eigenvalue weighted by molar-refractivity contribution is 1.24. The summed E-state index contributed by atoms with van der Waals surface area (Å²) in [6, 6.07) is 9.17. The molecule has 0 aliphatic carbocycles. The molecular formula is C9H9N3. The summed E-state index contributed by atoms with van der Waals surface area (Å²) in [4.78, 5) is 0. The molecule has 0 aliphatic rings.